The number of methoxy groups -OCH3 is 2. The third-order valence-corrected chi connectivity index (χ3v) is 6.14. The molecule has 0 aliphatic heterocycles. The van der Waals surface area contributed by atoms with Gasteiger partial charge in [-0.1, -0.05) is 12.2 Å². The maximum atomic E-state index is 13.6. The molecule has 1 N–H and O–H groups in total. The Labute approximate surface area is 159 Å². The van der Waals surface area contributed by atoms with E-state index < -0.39 is 62.2 Å². The molecule has 8 nitrogen and oxygen atoms in total. The van der Waals surface area contributed by atoms with Gasteiger partial charge in [0.25, 0.3) is 0 Å². The highest BCUT2D eigenvalue weighted by Crippen LogP contribution is 2.69. The summed E-state index contributed by atoms with van der Waals surface area (Å²) in [5.74, 6) is -3.73. The zero-order valence-electron chi connectivity index (χ0n) is 14.4. The number of Topliss-reactive ketones (excluding diaryl/α,β-unsaturated/α-hetero) is 2. The maximum Gasteiger partial charge on any atom is 0.322 e. The second-order valence-electron chi connectivity index (χ2n) is 6.43. The number of fused-ring (bicyclic) bond motifs is 5. The molecule has 3 rings (SSSR count). The molecular weight excluding hydrogens is 372 g/mol. The number of ether oxygens (including phenoxy) is 2. The first-order valence-corrected chi connectivity index (χ1v) is 8.33. The largest absolute Gasteiger partial charge is 0.468 e. The maximum absolute atomic E-state index is 13.6. The summed E-state index contributed by atoms with van der Waals surface area (Å²) in [5, 5.41) is 16.5. The van der Waals surface area contributed by atoms with Crippen LogP contribution in [0.4, 0.5) is 0 Å². The van der Waals surface area contributed by atoms with Crippen molar-refractivity contribution in [2.75, 3.05) is 14.2 Å². The number of rotatable bonds is 3. The van der Waals surface area contributed by atoms with Gasteiger partial charge in [-0.05, 0) is 12.3 Å². The van der Waals surface area contributed by atoms with Crippen molar-refractivity contribution >= 4 is 42.0 Å². The van der Waals surface area contributed by atoms with E-state index in [1.165, 1.54) is 0 Å². The lowest BCUT2D eigenvalue weighted by molar-refractivity contribution is -0.185. The summed E-state index contributed by atoms with van der Waals surface area (Å²) in [5.41, 5.74) is -5.43. The Morgan fingerprint density at radius 3 is 2.04 bits per heavy atom. The highest BCUT2D eigenvalue weighted by Gasteiger charge is 2.82. The number of hydrogen-bond donors (Lipinski definition) is 2. The molecule has 0 amide bonds. The Morgan fingerprint density at radius 2 is 1.63 bits per heavy atom. The normalized spacial score (nSPS) is 33.3. The lowest BCUT2D eigenvalue weighted by Gasteiger charge is -2.47. The average Bonchev–Trinajstić information content (AvgIpc) is 3.27. The smallest absolute Gasteiger partial charge is 0.322 e. The van der Waals surface area contributed by atoms with Gasteiger partial charge < -0.3 is 9.47 Å². The predicted octanol–water partition coefficient (Wildman–Crippen LogP) is 0.545. The minimum absolute atomic E-state index is 0.187. The average molecular weight is 386 g/mol. The van der Waals surface area contributed by atoms with Crippen molar-refractivity contribution in [2.24, 2.45) is 22.7 Å². The molecule has 1 fully saturated rings. The minimum atomic E-state index is -2.22. The molecule has 138 valence electrons. The van der Waals surface area contributed by atoms with Crippen molar-refractivity contribution in [3.8, 4) is 6.07 Å². The number of nitriles is 1. The van der Waals surface area contributed by atoms with Crippen LogP contribution in [0.5, 0.6) is 0 Å². The minimum Gasteiger partial charge on any atom is -0.468 e. The standard InChI is InChI=1S/C18H14N2O6S/c1-25-15(23)17-9-3-4-10(5-9)18(17,16(24)26-2)14(22)12(27)11(13(17)21)8(6-19)7-20/h3-4,9-10,19,27H,5H2,1-2H3/t9-,10+,17?,18?/m1/s1. The Bertz CT molecular complexity index is 967. The number of allylic oxidation sites excluding steroid dienone is 5. The Balaban J connectivity index is 2.50. The first kappa shape index (κ1) is 18.8. The lowest BCUT2D eigenvalue weighted by atomic mass is 9.50. The molecule has 3 aliphatic rings. The van der Waals surface area contributed by atoms with Gasteiger partial charge in [-0.2, -0.15) is 5.26 Å². The molecule has 0 saturated heterocycles. The molecular formula is C18H14N2O6S. The monoisotopic (exact) mass is 386 g/mol. The van der Waals surface area contributed by atoms with Crippen LogP contribution in [0, 0.1) is 39.4 Å². The van der Waals surface area contributed by atoms with Gasteiger partial charge in [0.15, 0.2) is 22.4 Å². The third kappa shape index (κ3) is 1.81. The first-order valence-electron chi connectivity index (χ1n) is 7.88. The molecule has 1 saturated carbocycles. The van der Waals surface area contributed by atoms with E-state index in [-0.39, 0.29) is 6.42 Å². The predicted molar refractivity (Wildman–Crippen MR) is 92.5 cm³/mol. The van der Waals surface area contributed by atoms with Crippen LogP contribution in [-0.2, 0) is 28.7 Å². The van der Waals surface area contributed by atoms with Crippen molar-refractivity contribution in [1.82, 2.24) is 0 Å². The van der Waals surface area contributed by atoms with Gasteiger partial charge in [-0.3, -0.25) is 24.6 Å². The summed E-state index contributed by atoms with van der Waals surface area (Å²) in [6.07, 6.45) is 3.39. The fraction of sp³-hybridized carbons (Fsp3) is 0.389. The number of nitrogens with one attached hydrogen (secondary N) is 1. The van der Waals surface area contributed by atoms with E-state index in [0.29, 0.717) is 0 Å². The van der Waals surface area contributed by atoms with Crippen LogP contribution in [0.1, 0.15) is 6.42 Å². The van der Waals surface area contributed by atoms with Crippen LogP contribution in [0.2, 0.25) is 0 Å². The summed E-state index contributed by atoms with van der Waals surface area (Å²) in [4.78, 5) is 52.3. The number of nitrogens with zero attached hydrogens (tertiary/aromatic N) is 1. The Kier molecular flexibility index (Phi) is 4.22. The van der Waals surface area contributed by atoms with E-state index in [1.807, 2.05) is 0 Å². The van der Waals surface area contributed by atoms with Gasteiger partial charge in [0.1, 0.15) is 11.6 Å². The van der Waals surface area contributed by atoms with Gasteiger partial charge in [0.2, 0.25) is 0 Å². The zero-order valence-corrected chi connectivity index (χ0v) is 15.3. The number of thiol groups is 1. The SMILES string of the molecule is COC(=O)C12C(=O)C(C(=C=N)C#N)=C(S)C(=O)C1(C(=O)OC)[C@H]1C=C[C@@H]2C1. The van der Waals surface area contributed by atoms with Gasteiger partial charge in [-0.25, -0.2) is 0 Å². The molecule has 2 unspecified atom stereocenters. The van der Waals surface area contributed by atoms with Crippen molar-refractivity contribution in [1.29, 1.82) is 10.7 Å². The molecule has 4 atom stereocenters. The molecule has 3 aliphatic carbocycles. The van der Waals surface area contributed by atoms with Crippen LogP contribution in [0.25, 0.3) is 0 Å². The molecule has 0 radical (unpaired) electrons. The highest BCUT2D eigenvalue weighted by atomic mass is 32.1. The summed E-state index contributed by atoms with van der Waals surface area (Å²) in [6.45, 7) is 0. The van der Waals surface area contributed by atoms with Crippen LogP contribution in [-0.4, -0.2) is 43.6 Å². The van der Waals surface area contributed by atoms with Crippen molar-refractivity contribution in [2.45, 2.75) is 6.42 Å². The van der Waals surface area contributed by atoms with Crippen LogP contribution in [0.15, 0.2) is 28.2 Å². The first-order chi connectivity index (χ1) is 12.8. The van der Waals surface area contributed by atoms with E-state index in [9.17, 15) is 24.4 Å². The fourth-order valence-electron chi connectivity index (χ4n) is 4.74. The quantitative estimate of drug-likeness (QED) is 0.181. The number of esters is 2. The fourth-order valence-corrected chi connectivity index (χ4v) is 5.13. The molecule has 0 heterocycles. The van der Waals surface area contributed by atoms with Gasteiger partial charge >= 0.3 is 11.9 Å². The summed E-state index contributed by atoms with van der Waals surface area (Å²) < 4.78 is 9.70. The topological polar surface area (TPSA) is 134 Å². The Hall–Kier alpha value is -2.95. The number of ketones is 2. The second-order valence-corrected chi connectivity index (χ2v) is 6.87. The van der Waals surface area contributed by atoms with E-state index in [0.717, 1.165) is 14.2 Å². The van der Waals surface area contributed by atoms with Gasteiger partial charge in [0.05, 0.1) is 24.7 Å². The van der Waals surface area contributed by atoms with E-state index in [1.54, 1.807) is 24.1 Å². The summed E-state index contributed by atoms with van der Waals surface area (Å²) in [6, 6.07) is 1.61. The van der Waals surface area contributed by atoms with Crippen molar-refractivity contribution in [3.63, 3.8) is 0 Å². The van der Waals surface area contributed by atoms with Gasteiger partial charge in [-0.15, -0.1) is 12.6 Å². The van der Waals surface area contributed by atoms with E-state index >= 15 is 0 Å². The Morgan fingerprint density at radius 1 is 1.15 bits per heavy atom. The van der Waals surface area contributed by atoms with Crippen LogP contribution in [0.3, 0.4) is 0 Å². The zero-order chi connectivity index (χ0) is 20.1. The highest BCUT2D eigenvalue weighted by molar-refractivity contribution is 7.85. The van der Waals surface area contributed by atoms with Crippen molar-refractivity contribution < 1.29 is 28.7 Å². The molecule has 0 aromatic rings. The molecule has 0 aromatic carbocycles. The van der Waals surface area contributed by atoms with Crippen LogP contribution < -0.4 is 0 Å². The number of hydrogen-bond acceptors (Lipinski definition) is 9. The van der Waals surface area contributed by atoms with Crippen LogP contribution >= 0.6 is 12.6 Å². The van der Waals surface area contributed by atoms with E-state index in [4.69, 9.17) is 14.9 Å². The molecule has 9 heteroatoms. The third-order valence-electron chi connectivity index (χ3n) is 5.71. The second kappa shape index (κ2) is 6.05. The molecule has 2 bridgehead atoms. The van der Waals surface area contributed by atoms with Crippen molar-refractivity contribution in [3.05, 3.63) is 28.2 Å². The molecule has 27 heavy (non-hydrogen) atoms. The van der Waals surface area contributed by atoms with E-state index in [2.05, 4.69) is 12.6 Å². The molecule has 0 spiro atoms. The number of carbonyl (C=O) groups is 4. The van der Waals surface area contributed by atoms with Gasteiger partial charge in [0, 0.05) is 11.8 Å². The lowest BCUT2D eigenvalue weighted by Crippen LogP contribution is -2.66. The number of carbonyl (C=O) groups excluding carboxylic acids is 4. The summed E-state index contributed by atoms with van der Waals surface area (Å²) in [7, 11) is 2.10. The summed E-state index contributed by atoms with van der Waals surface area (Å²) >= 11 is 4.09. The molecule has 0 aromatic heterocycles.